The number of fused-ring (bicyclic) bond motifs is 1. The van der Waals surface area contributed by atoms with E-state index in [1.807, 2.05) is 0 Å². The number of halogens is 2. The Morgan fingerprint density at radius 1 is 1.18 bits per heavy atom. The first kappa shape index (κ1) is 22.8. The summed E-state index contributed by atoms with van der Waals surface area (Å²) in [6.07, 6.45) is 2.93. The van der Waals surface area contributed by atoms with Crippen LogP contribution in [0.5, 0.6) is 0 Å². The molecule has 1 atom stereocenters. The van der Waals surface area contributed by atoms with Crippen LogP contribution in [0.25, 0.3) is 10.9 Å². The van der Waals surface area contributed by atoms with Gasteiger partial charge in [-0.3, -0.25) is 9.59 Å². The third-order valence-corrected chi connectivity index (χ3v) is 6.53. The molecule has 4 heterocycles. The number of rotatable bonds is 5. The number of H-pyrrole nitrogens is 1. The Morgan fingerprint density at radius 2 is 1.88 bits per heavy atom. The highest BCUT2D eigenvalue weighted by Crippen LogP contribution is 2.31. The number of nitrogens with one attached hydrogen (secondary N) is 2. The molecule has 5 rings (SSSR count). The number of hydrogen-bond acceptors (Lipinski definition) is 5. The minimum Gasteiger partial charge on any atom is -0.349 e. The number of ether oxygens (including phenoxy) is 2. The standard InChI is InChI=1S/C24H24ClFN4O4/c25-21-13-16-12-18(28-20(16)14-27-21)22(31)29-19(11-15-1-3-17(26)4-2-15)23(32)30-7-5-24(6-8-30)33-9-10-34-24/h1-4,12-14,19,28H,5-11H2,(H,29,31)/t19-/m0/s1. The summed E-state index contributed by atoms with van der Waals surface area (Å²) >= 11 is 5.95. The molecule has 2 aromatic heterocycles. The molecule has 3 aromatic rings. The van der Waals surface area contributed by atoms with Crippen molar-refractivity contribution in [3.8, 4) is 0 Å². The summed E-state index contributed by atoms with van der Waals surface area (Å²) in [6, 6.07) is 8.40. The third kappa shape index (κ3) is 4.77. The van der Waals surface area contributed by atoms with Crippen LogP contribution in [0.3, 0.4) is 0 Å². The number of amides is 2. The molecule has 0 bridgehead atoms. The number of benzene rings is 1. The van der Waals surface area contributed by atoms with E-state index in [-0.39, 0.29) is 18.1 Å². The molecule has 2 N–H and O–H groups in total. The van der Waals surface area contributed by atoms with E-state index in [0.717, 1.165) is 10.9 Å². The lowest BCUT2D eigenvalue weighted by molar-refractivity contribution is -0.187. The first-order valence-electron chi connectivity index (χ1n) is 11.2. The van der Waals surface area contributed by atoms with Gasteiger partial charge in [0, 0.05) is 37.7 Å². The molecular weight excluding hydrogens is 463 g/mol. The number of hydrogen-bond donors (Lipinski definition) is 2. The molecule has 2 aliphatic heterocycles. The van der Waals surface area contributed by atoms with Crippen LogP contribution in [0.4, 0.5) is 4.39 Å². The van der Waals surface area contributed by atoms with Crippen molar-refractivity contribution in [3.63, 3.8) is 0 Å². The second kappa shape index (κ2) is 9.32. The van der Waals surface area contributed by atoms with Crippen LogP contribution >= 0.6 is 11.6 Å². The summed E-state index contributed by atoms with van der Waals surface area (Å²) in [5.74, 6) is -1.60. The van der Waals surface area contributed by atoms with Gasteiger partial charge in [0.25, 0.3) is 5.91 Å². The Bertz CT molecular complexity index is 1200. The summed E-state index contributed by atoms with van der Waals surface area (Å²) in [4.78, 5) is 35.3. The lowest BCUT2D eigenvalue weighted by atomic mass is 10.00. The molecule has 10 heteroatoms. The van der Waals surface area contributed by atoms with Crippen LogP contribution in [0.2, 0.25) is 5.15 Å². The van der Waals surface area contributed by atoms with Gasteiger partial charge in [0.2, 0.25) is 5.91 Å². The van der Waals surface area contributed by atoms with Crippen molar-refractivity contribution in [1.29, 1.82) is 0 Å². The molecule has 0 unspecified atom stereocenters. The van der Waals surface area contributed by atoms with Crippen molar-refractivity contribution in [1.82, 2.24) is 20.2 Å². The van der Waals surface area contributed by atoms with E-state index in [9.17, 15) is 14.0 Å². The number of aromatic nitrogens is 2. The van der Waals surface area contributed by atoms with Crippen LogP contribution in [-0.4, -0.2) is 64.8 Å². The number of carbonyl (C=O) groups excluding carboxylic acids is 2. The fraction of sp³-hybridized carbons (Fsp3) is 0.375. The summed E-state index contributed by atoms with van der Waals surface area (Å²) in [5, 5.41) is 3.92. The molecule has 0 aliphatic carbocycles. The molecule has 2 fully saturated rings. The molecule has 2 saturated heterocycles. The SMILES string of the molecule is O=C(N[C@@H](Cc1ccc(F)cc1)C(=O)N1CCC2(CC1)OCCO2)c1cc2cc(Cl)ncc2[nH]1. The lowest BCUT2D eigenvalue weighted by Gasteiger charge is -2.38. The summed E-state index contributed by atoms with van der Waals surface area (Å²) in [5.41, 5.74) is 1.69. The maximum absolute atomic E-state index is 13.5. The number of carbonyl (C=O) groups is 2. The highest BCUT2D eigenvalue weighted by atomic mass is 35.5. The van der Waals surface area contributed by atoms with Gasteiger partial charge < -0.3 is 24.7 Å². The number of piperidine rings is 1. The van der Waals surface area contributed by atoms with Crippen LogP contribution < -0.4 is 5.32 Å². The van der Waals surface area contributed by atoms with E-state index >= 15 is 0 Å². The second-order valence-corrected chi connectivity index (χ2v) is 8.95. The Balaban J connectivity index is 1.34. The minimum atomic E-state index is -0.828. The highest BCUT2D eigenvalue weighted by Gasteiger charge is 2.41. The Morgan fingerprint density at radius 3 is 2.59 bits per heavy atom. The van der Waals surface area contributed by atoms with E-state index < -0.39 is 17.7 Å². The first-order valence-corrected chi connectivity index (χ1v) is 11.5. The van der Waals surface area contributed by atoms with Gasteiger partial charge in [-0.05, 0) is 29.8 Å². The third-order valence-electron chi connectivity index (χ3n) is 6.32. The molecule has 0 saturated carbocycles. The van der Waals surface area contributed by atoms with Crippen LogP contribution in [0.15, 0.2) is 42.6 Å². The Hall–Kier alpha value is -3.01. The van der Waals surface area contributed by atoms with Crippen molar-refractivity contribution >= 4 is 34.3 Å². The molecule has 1 spiro atoms. The maximum Gasteiger partial charge on any atom is 0.268 e. The van der Waals surface area contributed by atoms with Crippen molar-refractivity contribution in [2.24, 2.45) is 0 Å². The first-order chi connectivity index (χ1) is 16.4. The predicted octanol–water partition coefficient (Wildman–Crippen LogP) is 3.06. The minimum absolute atomic E-state index is 0.202. The fourth-order valence-electron chi connectivity index (χ4n) is 4.49. The number of aromatic amines is 1. The van der Waals surface area contributed by atoms with Gasteiger partial charge >= 0.3 is 0 Å². The zero-order valence-corrected chi connectivity index (χ0v) is 19.1. The van der Waals surface area contributed by atoms with Gasteiger partial charge in [-0.2, -0.15) is 0 Å². The zero-order chi connectivity index (χ0) is 23.7. The topological polar surface area (TPSA) is 96.6 Å². The van der Waals surface area contributed by atoms with Crippen molar-refractivity contribution in [2.45, 2.75) is 31.1 Å². The van der Waals surface area contributed by atoms with Gasteiger partial charge in [-0.1, -0.05) is 23.7 Å². The molecule has 1 aromatic carbocycles. The molecule has 2 aliphatic rings. The molecule has 178 valence electrons. The van der Waals surface area contributed by atoms with E-state index in [1.54, 1.807) is 35.4 Å². The van der Waals surface area contributed by atoms with Gasteiger partial charge in [0.05, 0.1) is 24.9 Å². The number of nitrogens with zero attached hydrogens (tertiary/aromatic N) is 2. The quantitative estimate of drug-likeness (QED) is 0.540. The van der Waals surface area contributed by atoms with Crippen molar-refractivity contribution in [3.05, 3.63) is 64.8 Å². The summed E-state index contributed by atoms with van der Waals surface area (Å²) in [6.45, 7) is 2.04. The predicted molar refractivity (Wildman–Crippen MR) is 123 cm³/mol. The average Bonchev–Trinajstić information content (AvgIpc) is 3.47. The van der Waals surface area contributed by atoms with Crippen molar-refractivity contribution < 1.29 is 23.5 Å². The molecule has 0 radical (unpaired) electrons. The monoisotopic (exact) mass is 486 g/mol. The van der Waals surface area contributed by atoms with E-state index in [2.05, 4.69) is 15.3 Å². The summed E-state index contributed by atoms with van der Waals surface area (Å²) < 4.78 is 24.9. The van der Waals surface area contributed by atoms with Gasteiger partial charge in [-0.15, -0.1) is 0 Å². The van der Waals surface area contributed by atoms with Crippen LogP contribution in [-0.2, 0) is 20.7 Å². The lowest BCUT2D eigenvalue weighted by Crippen LogP contribution is -2.54. The average molecular weight is 487 g/mol. The second-order valence-electron chi connectivity index (χ2n) is 8.57. The normalized spacial score (nSPS) is 18.4. The number of likely N-dealkylation sites (tertiary alicyclic amines) is 1. The van der Waals surface area contributed by atoms with Gasteiger partial charge in [-0.25, -0.2) is 9.37 Å². The van der Waals surface area contributed by atoms with Gasteiger partial charge in [0.15, 0.2) is 5.79 Å². The Kier molecular flexibility index (Phi) is 6.24. The van der Waals surface area contributed by atoms with E-state index in [4.69, 9.17) is 21.1 Å². The zero-order valence-electron chi connectivity index (χ0n) is 18.4. The maximum atomic E-state index is 13.5. The Labute approximate surface area is 200 Å². The largest absolute Gasteiger partial charge is 0.349 e. The van der Waals surface area contributed by atoms with Crippen LogP contribution in [0, 0.1) is 5.82 Å². The highest BCUT2D eigenvalue weighted by molar-refractivity contribution is 6.30. The van der Waals surface area contributed by atoms with Crippen molar-refractivity contribution in [2.75, 3.05) is 26.3 Å². The summed E-state index contributed by atoms with van der Waals surface area (Å²) in [7, 11) is 0. The fourth-order valence-corrected chi connectivity index (χ4v) is 4.66. The number of pyridine rings is 1. The smallest absolute Gasteiger partial charge is 0.268 e. The molecule has 8 nitrogen and oxygen atoms in total. The van der Waals surface area contributed by atoms with Crippen LogP contribution in [0.1, 0.15) is 28.9 Å². The molecule has 34 heavy (non-hydrogen) atoms. The van der Waals surface area contributed by atoms with E-state index in [0.29, 0.717) is 55.5 Å². The van der Waals surface area contributed by atoms with Gasteiger partial charge in [0.1, 0.15) is 22.7 Å². The molecule has 2 amide bonds. The van der Waals surface area contributed by atoms with E-state index in [1.165, 1.54) is 12.1 Å². The molecular formula is C24H24ClFN4O4.